The molecule has 1 unspecified atom stereocenters. The molecule has 2 rings (SSSR count). The predicted molar refractivity (Wildman–Crippen MR) is 93.0 cm³/mol. The second-order valence-electron chi connectivity index (χ2n) is 5.75. The van der Waals surface area contributed by atoms with Gasteiger partial charge in [-0.2, -0.15) is 0 Å². The largest absolute Gasteiger partial charge is 0.491 e. The van der Waals surface area contributed by atoms with Crippen molar-refractivity contribution in [1.29, 1.82) is 0 Å². The fraction of sp³-hybridized carbons (Fsp3) is 0.353. The van der Waals surface area contributed by atoms with Crippen LogP contribution in [0.5, 0.6) is 5.75 Å². The normalized spacial score (nSPS) is 12.9. The topological polar surface area (TPSA) is 88.5 Å². The van der Waals surface area contributed by atoms with Crippen LogP contribution in [0.1, 0.15) is 25.5 Å². The monoisotopic (exact) mass is 350 g/mol. The van der Waals surface area contributed by atoms with E-state index < -0.39 is 15.9 Å². The third-order valence-electron chi connectivity index (χ3n) is 3.27. The Bertz CT molecular complexity index is 773. The minimum atomic E-state index is -3.39. The first-order valence-corrected chi connectivity index (χ1v) is 9.50. The number of hydrogen-bond acceptors (Lipinski definition) is 6. The van der Waals surface area contributed by atoms with Gasteiger partial charge >= 0.3 is 0 Å². The summed E-state index contributed by atoms with van der Waals surface area (Å²) in [5.41, 5.74) is 0.704. The Morgan fingerprint density at radius 2 is 1.88 bits per heavy atom. The van der Waals surface area contributed by atoms with Gasteiger partial charge in [-0.05, 0) is 43.7 Å². The number of aliphatic hydroxyl groups is 1. The molecule has 7 heteroatoms. The van der Waals surface area contributed by atoms with Crippen molar-refractivity contribution in [3.63, 3.8) is 0 Å². The molecule has 2 N–H and O–H groups in total. The first kappa shape index (κ1) is 18.2. The van der Waals surface area contributed by atoms with Crippen LogP contribution in [0, 0.1) is 0 Å². The van der Waals surface area contributed by atoms with Crippen LogP contribution in [0.2, 0.25) is 0 Å². The summed E-state index contributed by atoms with van der Waals surface area (Å²) in [6.07, 6.45) is 1.91. The Morgan fingerprint density at radius 1 is 1.21 bits per heavy atom. The molecule has 130 valence electrons. The SMILES string of the molecule is CC(C)Oc1ccc(C(O)CNc2ncccc2S(C)(=O)=O)cc1. The van der Waals surface area contributed by atoms with Crippen molar-refractivity contribution in [2.24, 2.45) is 0 Å². The van der Waals surface area contributed by atoms with Crippen LogP contribution >= 0.6 is 0 Å². The molecule has 1 heterocycles. The highest BCUT2D eigenvalue weighted by Gasteiger charge is 2.15. The number of pyridine rings is 1. The number of rotatable bonds is 7. The zero-order valence-electron chi connectivity index (χ0n) is 13.9. The fourth-order valence-corrected chi connectivity index (χ4v) is 2.98. The summed E-state index contributed by atoms with van der Waals surface area (Å²) in [7, 11) is -3.39. The van der Waals surface area contributed by atoms with Crippen molar-refractivity contribution in [2.45, 2.75) is 31.0 Å². The fourth-order valence-electron chi connectivity index (χ4n) is 2.17. The smallest absolute Gasteiger partial charge is 0.179 e. The van der Waals surface area contributed by atoms with E-state index in [1.807, 2.05) is 13.8 Å². The van der Waals surface area contributed by atoms with Crippen LogP contribution in [0.15, 0.2) is 47.5 Å². The predicted octanol–water partition coefficient (Wildman–Crippen LogP) is 2.42. The maximum atomic E-state index is 11.7. The summed E-state index contributed by atoms with van der Waals surface area (Å²) in [6, 6.07) is 10.2. The molecule has 1 atom stereocenters. The molecule has 0 aliphatic carbocycles. The standard InChI is InChI=1S/C17H22N2O4S/c1-12(2)23-14-8-6-13(7-9-14)15(20)11-19-17-16(24(3,21)22)5-4-10-18-17/h4-10,12,15,20H,11H2,1-3H3,(H,18,19). The van der Waals surface area contributed by atoms with Gasteiger partial charge in [-0.3, -0.25) is 0 Å². The summed E-state index contributed by atoms with van der Waals surface area (Å²) in [5.74, 6) is 0.969. The van der Waals surface area contributed by atoms with Crippen LogP contribution in [0.3, 0.4) is 0 Å². The maximum absolute atomic E-state index is 11.7. The Labute approximate surface area is 142 Å². The molecule has 0 bridgehead atoms. The van der Waals surface area contributed by atoms with Crippen molar-refractivity contribution in [1.82, 2.24) is 4.98 Å². The number of benzene rings is 1. The zero-order valence-corrected chi connectivity index (χ0v) is 14.7. The summed E-state index contributed by atoms with van der Waals surface area (Å²) < 4.78 is 29.0. The Hall–Kier alpha value is -2.12. The first-order valence-electron chi connectivity index (χ1n) is 7.61. The minimum absolute atomic E-state index is 0.0843. The van der Waals surface area contributed by atoms with Gasteiger partial charge in [0.05, 0.1) is 12.2 Å². The van der Waals surface area contributed by atoms with E-state index in [0.717, 1.165) is 12.0 Å². The van der Waals surface area contributed by atoms with E-state index in [2.05, 4.69) is 10.3 Å². The molecule has 0 amide bonds. The summed E-state index contributed by atoms with van der Waals surface area (Å²) >= 11 is 0. The number of hydrogen-bond donors (Lipinski definition) is 2. The molecule has 24 heavy (non-hydrogen) atoms. The van der Waals surface area contributed by atoms with Gasteiger partial charge in [-0.1, -0.05) is 12.1 Å². The molecule has 6 nitrogen and oxygen atoms in total. The molecule has 1 aromatic heterocycles. The average molecular weight is 350 g/mol. The number of aromatic nitrogens is 1. The lowest BCUT2D eigenvalue weighted by molar-refractivity contribution is 0.191. The number of nitrogens with zero attached hydrogens (tertiary/aromatic N) is 1. The molecule has 0 aliphatic rings. The van der Waals surface area contributed by atoms with Gasteiger partial charge in [0, 0.05) is 19.0 Å². The van der Waals surface area contributed by atoms with E-state index in [-0.39, 0.29) is 23.4 Å². The Kier molecular flexibility index (Phi) is 5.80. The van der Waals surface area contributed by atoms with Crippen molar-refractivity contribution in [3.8, 4) is 5.75 Å². The van der Waals surface area contributed by atoms with Gasteiger partial charge in [-0.25, -0.2) is 13.4 Å². The van der Waals surface area contributed by atoms with Crippen molar-refractivity contribution >= 4 is 15.7 Å². The number of aliphatic hydroxyl groups excluding tert-OH is 1. The van der Waals surface area contributed by atoms with E-state index >= 15 is 0 Å². The van der Waals surface area contributed by atoms with E-state index in [1.165, 1.54) is 12.3 Å². The van der Waals surface area contributed by atoms with Gasteiger partial charge in [0.1, 0.15) is 16.5 Å². The second kappa shape index (κ2) is 7.63. The number of nitrogens with one attached hydrogen (secondary N) is 1. The van der Waals surface area contributed by atoms with E-state index in [4.69, 9.17) is 4.74 Å². The van der Waals surface area contributed by atoms with Gasteiger partial charge in [-0.15, -0.1) is 0 Å². The summed E-state index contributed by atoms with van der Waals surface area (Å²) in [4.78, 5) is 4.15. The molecule has 0 spiro atoms. The van der Waals surface area contributed by atoms with Crippen molar-refractivity contribution in [3.05, 3.63) is 48.2 Å². The van der Waals surface area contributed by atoms with Crippen LogP contribution in [0.25, 0.3) is 0 Å². The Morgan fingerprint density at radius 3 is 2.46 bits per heavy atom. The molecule has 0 radical (unpaired) electrons. The molecule has 2 aromatic rings. The van der Waals surface area contributed by atoms with E-state index in [1.54, 1.807) is 30.3 Å². The van der Waals surface area contributed by atoms with Gasteiger partial charge in [0.15, 0.2) is 9.84 Å². The maximum Gasteiger partial charge on any atom is 0.179 e. The number of sulfone groups is 1. The van der Waals surface area contributed by atoms with Gasteiger partial charge < -0.3 is 15.2 Å². The molecule has 0 aliphatic heterocycles. The van der Waals surface area contributed by atoms with Crippen LogP contribution < -0.4 is 10.1 Å². The Balaban J connectivity index is 2.05. The lowest BCUT2D eigenvalue weighted by Crippen LogP contribution is -2.15. The minimum Gasteiger partial charge on any atom is -0.491 e. The molecular weight excluding hydrogens is 328 g/mol. The highest BCUT2D eigenvalue weighted by Crippen LogP contribution is 2.21. The lowest BCUT2D eigenvalue weighted by atomic mass is 10.1. The van der Waals surface area contributed by atoms with Gasteiger partial charge in [0.25, 0.3) is 0 Å². The molecule has 0 saturated heterocycles. The molecular formula is C17H22N2O4S. The quantitative estimate of drug-likeness (QED) is 0.797. The lowest BCUT2D eigenvalue weighted by Gasteiger charge is -2.15. The van der Waals surface area contributed by atoms with Crippen LogP contribution in [0.4, 0.5) is 5.82 Å². The molecule has 1 aromatic carbocycles. The molecule has 0 saturated carbocycles. The zero-order chi connectivity index (χ0) is 17.7. The molecule has 0 fully saturated rings. The second-order valence-corrected chi connectivity index (χ2v) is 7.74. The van der Waals surface area contributed by atoms with Crippen molar-refractivity contribution < 1.29 is 18.3 Å². The summed E-state index contributed by atoms with van der Waals surface area (Å²) in [6.45, 7) is 4.03. The highest BCUT2D eigenvalue weighted by atomic mass is 32.2. The average Bonchev–Trinajstić information content (AvgIpc) is 2.52. The van der Waals surface area contributed by atoms with E-state index in [0.29, 0.717) is 5.56 Å². The number of anilines is 1. The first-order chi connectivity index (χ1) is 11.3. The highest BCUT2D eigenvalue weighted by molar-refractivity contribution is 7.90. The van der Waals surface area contributed by atoms with E-state index in [9.17, 15) is 13.5 Å². The van der Waals surface area contributed by atoms with Crippen LogP contribution in [-0.2, 0) is 9.84 Å². The summed E-state index contributed by atoms with van der Waals surface area (Å²) in [5, 5.41) is 13.2. The van der Waals surface area contributed by atoms with Gasteiger partial charge in [0.2, 0.25) is 0 Å². The third kappa shape index (κ3) is 4.94. The third-order valence-corrected chi connectivity index (χ3v) is 4.40. The number of ether oxygens (including phenoxy) is 1. The van der Waals surface area contributed by atoms with Crippen molar-refractivity contribution in [2.75, 3.05) is 18.1 Å². The van der Waals surface area contributed by atoms with Crippen LogP contribution in [-0.4, -0.2) is 37.4 Å².